The van der Waals surface area contributed by atoms with Crippen LogP contribution in [0, 0.1) is 11.2 Å². The van der Waals surface area contributed by atoms with Gasteiger partial charge in [0.2, 0.25) is 0 Å². The first-order valence-electron chi connectivity index (χ1n) is 20.0. The number of rotatable bonds is 13. The van der Waals surface area contributed by atoms with Gasteiger partial charge in [0.15, 0.2) is 11.6 Å². The summed E-state index contributed by atoms with van der Waals surface area (Å²) in [7, 11) is 0. The Labute approximate surface area is 334 Å². The van der Waals surface area contributed by atoms with Crippen molar-refractivity contribution in [3.63, 3.8) is 0 Å². The van der Waals surface area contributed by atoms with Crippen molar-refractivity contribution < 1.29 is 28.2 Å². The molecule has 12 nitrogen and oxygen atoms in total. The first-order chi connectivity index (χ1) is 27.3. The third-order valence-electron chi connectivity index (χ3n) is 11.0. The zero-order chi connectivity index (χ0) is 40.3. The molecule has 4 heterocycles. The third kappa shape index (κ3) is 9.14. The van der Waals surface area contributed by atoms with E-state index in [0.717, 1.165) is 62.4 Å². The number of anilines is 1. The summed E-state index contributed by atoms with van der Waals surface area (Å²) in [5.74, 6) is 1.33. The summed E-state index contributed by atoms with van der Waals surface area (Å²) < 4.78 is 33.0. The monoisotopic (exact) mass is 779 g/mol. The molecule has 1 unspecified atom stereocenters. The number of nitrogens with one attached hydrogen (secondary N) is 1. The number of alkyl carbamates (subject to hydrolysis) is 1. The second-order valence-electron chi connectivity index (χ2n) is 16.8. The topological polar surface area (TPSA) is 122 Å². The molecule has 302 valence electrons. The van der Waals surface area contributed by atoms with Crippen LogP contribution in [0.4, 0.5) is 15.0 Å². The molecule has 2 aliphatic heterocycles. The Hall–Kier alpha value is -5.30. The molecule has 7 rings (SSSR count). The molecule has 1 aliphatic carbocycles. The number of aromatic nitrogens is 3. The number of carbonyl (C=O) groups excluding carboxylic acids is 2. The van der Waals surface area contributed by atoms with Crippen LogP contribution in [0.3, 0.4) is 0 Å². The summed E-state index contributed by atoms with van der Waals surface area (Å²) in [5, 5.41) is 2.96. The number of benzene rings is 2. The summed E-state index contributed by atoms with van der Waals surface area (Å²) in [6.45, 7) is 15.4. The smallest absolute Gasteiger partial charge is 0.407 e. The number of carbonyl (C=O) groups is 2. The summed E-state index contributed by atoms with van der Waals surface area (Å²) in [4.78, 5) is 45.9. The van der Waals surface area contributed by atoms with Gasteiger partial charge >= 0.3 is 6.09 Å². The molecule has 2 aromatic heterocycles. The highest BCUT2D eigenvalue weighted by atomic mass is 19.1. The van der Waals surface area contributed by atoms with Crippen LogP contribution in [0.2, 0.25) is 0 Å². The molecule has 57 heavy (non-hydrogen) atoms. The number of pyridine rings is 1. The summed E-state index contributed by atoms with van der Waals surface area (Å²) in [6.07, 6.45) is 7.80. The molecule has 1 N–H and O–H groups in total. The van der Waals surface area contributed by atoms with Gasteiger partial charge in [-0.2, -0.15) is 0 Å². The minimum Gasteiger partial charge on any atom is -0.490 e. The number of ether oxygens (including phenoxy) is 3. The SMILES string of the molecule is CCN(C(=O)c1cc(F)ccc1Oc1cncnc1N1CC2(CC(Oc3ccnc4c3C(CCNC(=O)OC(C)(C)C)N(Cc3ccccc3)CC4)C2)C1)C(C)C. The Morgan fingerprint density at radius 3 is 2.53 bits per heavy atom. The van der Waals surface area contributed by atoms with Gasteiger partial charge in [0.25, 0.3) is 5.91 Å². The molecule has 1 spiro atoms. The fourth-order valence-electron chi connectivity index (χ4n) is 8.44. The average Bonchev–Trinajstić information content (AvgIpc) is 3.13. The molecule has 1 atom stereocenters. The number of nitrogens with zero attached hydrogens (tertiary/aromatic N) is 6. The van der Waals surface area contributed by atoms with E-state index in [9.17, 15) is 14.0 Å². The Kier molecular flexibility index (Phi) is 11.7. The number of fused-ring (bicyclic) bond motifs is 1. The summed E-state index contributed by atoms with van der Waals surface area (Å²) in [6, 6.07) is 16.4. The van der Waals surface area contributed by atoms with Gasteiger partial charge < -0.3 is 29.3 Å². The van der Waals surface area contributed by atoms with Gasteiger partial charge in [-0.25, -0.2) is 19.2 Å². The maximum absolute atomic E-state index is 14.4. The van der Waals surface area contributed by atoms with Gasteiger partial charge in [0.1, 0.15) is 35.3 Å². The molecule has 2 amide bonds. The molecular weight excluding hydrogens is 726 g/mol. The Balaban J connectivity index is 1.02. The van der Waals surface area contributed by atoms with Crippen LogP contribution >= 0.6 is 0 Å². The predicted octanol–water partition coefficient (Wildman–Crippen LogP) is 7.74. The molecule has 0 bridgehead atoms. The summed E-state index contributed by atoms with van der Waals surface area (Å²) in [5.41, 5.74) is 3.02. The lowest BCUT2D eigenvalue weighted by atomic mass is 9.61. The molecule has 2 fully saturated rings. The van der Waals surface area contributed by atoms with Gasteiger partial charge in [-0.05, 0) is 90.6 Å². The molecule has 4 aromatic rings. The fourth-order valence-corrected chi connectivity index (χ4v) is 8.44. The van der Waals surface area contributed by atoms with E-state index >= 15 is 0 Å². The van der Waals surface area contributed by atoms with E-state index in [-0.39, 0.29) is 40.8 Å². The zero-order valence-electron chi connectivity index (χ0n) is 33.8. The zero-order valence-corrected chi connectivity index (χ0v) is 33.8. The van der Waals surface area contributed by atoms with Crippen LogP contribution in [-0.4, -0.2) is 87.2 Å². The number of hydrogen-bond donors (Lipinski definition) is 1. The molecular formula is C44H54FN7O5. The first kappa shape index (κ1) is 39.9. The van der Waals surface area contributed by atoms with Crippen molar-refractivity contribution in [2.24, 2.45) is 5.41 Å². The van der Waals surface area contributed by atoms with Crippen molar-refractivity contribution >= 4 is 17.8 Å². The van der Waals surface area contributed by atoms with Crippen molar-refractivity contribution in [2.45, 2.75) is 97.6 Å². The number of hydrogen-bond acceptors (Lipinski definition) is 10. The standard InChI is InChI=1S/C44H54FN7O5/c1-7-52(29(2)3)41(53)33-21-31(45)13-14-36(33)56-38-24-46-28-49-40(38)51-26-44(27-51)22-32(23-44)55-37-16-19-47-34-17-20-50(25-30-11-9-8-10-12-30)35(39(34)37)15-18-48-42(54)57-43(4,5)6/h8-14,16,19,21,24,28-29,32,35H,7,15,17-18,20,22-23,25-27H2,1-6H3,(H,48,54). The normalized spacial score (nSPS) is 17.7. The Morgan fingerprint density at radius 1 is 1.04 bits per heavy atom. The number of amides is 2. The van der Waals surface area contributed by atoms with E-state index in [1.165, 1.54) is 30.1 Å². The Morgan fingerprint density at radius 2 is 1.81 bits per heavy atom. The van der Waals surface area contributed by atoms with E-state index in [1.54, 1.807) is 11.1 Å². The lowest BCUT2D eigenvalue weighted by Crippen LogP contribution is -2.65. The molecule has 2 aromatic carbocycles. The van der Waals surface area contributed by atoms with E-state index in [1.807, 2.05) is 59.9 Å². The highest BCUT2D eigenvalue weighted by Crippen LogP contribution is 2.52. The van der Waals surface area contributed by atoms with Gasteiger partial charge in [-0.15, -0.1) is 0 Å². The van der Waals surface area contributed by atoms with Crippen LogP contribution < -0.4 is 19.7 Å². The van der Waals surface area contributed by atoms with Gasteiger partial charge in [-0.3, -0.25) is 14.7 Å². The number of halogens is 1. The highest BCUT2D eigenvalue weighted by Gasteiger charge is 2.54. The van der Waals surface area contributed by atoms with Crippen LogP contribution in [0.5, 0.6) is 17.2 Å². The van der Waals surface area contributed by atoms with E-state index < -0.39 is 17.5 Å². The van der Waals surface area contributed by atoms with E-state index in [2.05, 4.69) is 49.4 Å². The maximum Gasteiger partial charge on any atom is 0.407 e. The van der Waals surface area contributed by atoms with Crippen molar-refractivity contribution in [2.75, 3.05) is 37.6 Å². The lowest BCUT2D eigenvalue weighted by molar-refractivity contribution is -0.0357. The maximum atomic E-state index is 14.4. The molecule has 13 heteroatoms. The molecule has 3 aliphatic rings. The van der Waals surface area contributed by atoms with Crippen LogP contribution in [0.25, 0.3) is 0 Å². The molecule has 1 saturated heterocycles. The minimum absolute atomic E-state index is 0.00987. The van der Waals surface area contributed by atoms with Gasteiger partial charge in [0, 0.05) is 74.9 Å². The molecule has 0 radical (unpaired) electrons. The third-order valence-corrected chi connectivity index (χ3v) is 11.0. The van der Waals surface area contributed by atoms with Crippen LogP contribution in [0.1, 0.15) is 94.0 Å². The van der Waals surface area contributed by atoms with Crippen molar-refractivity contribution in [1.82, 2.24) is 30.1 Å². The van der Waals surface area contributed by atoms with Crippen molar-refractivity contribution in [3.05, 3.63) is 102 Å². The average molecular weight is 780 g/mol. The lowest BCUT2D eigenvalue weighted by Gasteiger charge is -2.59. The van der Waals surface area contributed by atoms with Crippen molar-refractivity contribution in [3.8, 4) is 17.2 Å². The second kappa shape index (κ2) is 16.7. The molecule has 1 saturated carbocycles. The predicted molar refractivity (Wildman–Crippen MR) is 215 cm³/mol. The van der Waals surface area contributed by atoms with Crippen LogP contribution in [-0.2, 0) is 17.7 Å². The minimum atomic E-state index is -0.575. The Bertz CT molecular complexity index is 2040. The van der Waals surface area contributed by atoms with Crippen LogP contribution in [0.15, 0.2) is 73.3 Å². The highest BCUT2D eigenvalue weighted by molar-refractivity contribution is 5.97. The fraction of sp³-hybridized carbons (Fsp3) is 0.477. The largest absolute Gasteiger partial charge is 0.490 e. The first-order valence-corrected chi connectivity index (χ1v) is 20.0. The van der Waals surface area contributed by atoms with Crippen molar-refractivity contribution in [1.29, 1.82) is 0 Å². The van der Waals surface area contributed by atoms with Gasteiger partial charge in [-0.1, -0.05) is 30.3 Å². The second-order valence-corrected chi connectivity index (χ2v) is 16.8. The van der Waals surface area contributed by atoms with Gasteiger partial charge in [0.05, 0.1) is 17.5 Å². The quantitative estimate of drug-likeness (QED) is 0.144. The van der Waals surface area contributed by atoms with E-state index in [4.69, 9.17) is 19.2 Å². The summed E-state index contributed by atoms with van der Waals surface area (Å²) >= 11 is 0. The van der Waals surface area contributed by atoms with E-state index in [0.29, 0.717) is 31.1 Å².